The van der Waals surface area contributed by atoms with Gasteiger partial charge in [0, 0.05) is 50.5 Å². The number of ether oxygens (including phenoxy) is 1. The van der Waals surface area contributed by atoms with Crippen molar-refractivity contribution >= 4 is 11.8 Å². The third-order valence-electron chi connectivity index (χ3n) is 5.08. The molecule has 24 heavy (non-hydrogen) atoms. The molecule has 0 aromatic carbocycles. The van der Waals surface area contributed by atoms with Gasteiger partial charge in [0.15, 0.2) is 0 Å². The van der Waals surface area contributed by atoms with E-state index in [1.807, 2.05) is 18.9 Å². The van der Waals surface area contributed by atoms with Crippen LogP contribution in [0.3, 0.4) is 0 Å². The molecular formula is C17H26N4O3. The van der Waals surface area contributed by atoms with Gasteiger partial charge in [-0.05, 0) is 32.6 Å². The molecule has 1 aromatic heterocycles. The van der Waals surface area contributed by atoms with Gasteiger partial charge in [-0.25, -0.2) is 0 Å². The predicted molar refractivity (Wildman–Crippen MR) is 88.1 cm³/mol. The van der Waals surface area contributed by atoms with Gasteiger partial charge in [-0.3, -0.25) is 14.7 Å². The minimum atomic E-state index is -0.260. The van der Waals surface area contributed by atoms with E-state index in [0.29, 0.717) is 26.2 Å². The second-order valence-corrected chi connectivity index (χ2v) is 6.82. The van der Waals surface area contributed by atoms with Gasteiger partial charge in [0.05, 0.1) is 6.20 Å². The molecule has 0 aliphatic carbocycles. The molecule has 3 heterocycles. The molecule has 0 spiro atoms. The van der Waals surface area contributed by atoms with Crippen molar-refractivity contribution in [1.29, 1.82) is 0 Å². The highest BCUT2D eigenvalue weighted by molar-refractivity contribution is 5.82. The first kappa shape index (κ1) is 17.0. The van der Waals surface area contributed by atoms with Crippen molar-refractivity contribution in [3.63, 3.8) is 0 Å². The Labute approximate surface area is 142 Å². The maximum atomic E-state index is 12.6. The zero-order chi connectivity index (χ0) is 17.1. The summed E-state index contributed by atoms with van der Waals surface area (Å²) in [6.45, 7) is 4.50. The fourth-order valence-electron chi connectivity index (χ4n) is 3.50. The standard InChI is InChI=1S/C17H26N4O3/c1-12-14(10-18-19-12)11-20(2)16(22)13-5-7-21(8-6-13)17(23)15-4-3-9-24-15/h10,13,15H,3-9,11H2,1-2H3,(H,18,19). The Kier molecular flexibility index (Phi) is 5.18. The molecule has 2 amide bonds. The van der Waals surface area contributed by atoms with Gasteiger partial charge in [0.25, 0.3) is 5.91 Å². The van der Waals surface area contributed by atoms with Gasteiger partial charge in [0.1, 0.15) is 6.10 Å². The highest BCUT2D eigenvalue weighted by atomic mass is 16.5. The number of likely N-dealkylation sites (tertiary alicyclic amines) is 1. The van der Waals surface area contributed by atoms with E-state index < -0.39 is 0 Å². The third-order valence-corrected chi connectivity index (χ3v) is 5.08. The summed E-state index contributed by atoms with van der Waals surface area (Å²) >= 11 is 0. The van der Waals surface area contributed by atoms with E-state index in [2.05, 4.69) is 10.2 Å². The first-order valence-corrected chi connectivity index (χ1v) is 8.70. The molecule has 1 unspecified atom stereocenters. The zero-order valence-electron chi connectivity index (χ0n) is 14.5. The molecule has 3 rings (SSSR count). The van der Waals surface area contributed by atoms with E-state index in [4.69, 9.17) is 4.74 Å². The Morgan fingerprint density at radius 1 is 1.38 bits per heavy atom. The molecule has 0 bridgehead atoms. The number of hydrogen-bond acceptors (Lipinski definition) is 4. The minimum Gasteiger partial charge on any atom is -0.368 e. The topological polar surface area (TPSA) is 78.5 Å². The zero-order valence-corrected chi connectivity index (χ0v) is 14.5. The first-order chi connectivity index (χ1) is 11.6. The Morgan fingerprint density at radius 3 is 2.71 bits per heavy atom. The smallest absolute Gasteiger partial charge is 0.251 e. The summed E-state index contributed by atoms with van der Waals surface area (Å²) in [5.41, 5.74) is 2.03. The van der Waals surface area contributed by atoms with Crippen molar-refractivity contribution in [2.45, 2.75) is 45.3 Å². The average molecular weight is 334 g/mol. The Morgan fingerprint density at radius 2 is 2.12 bits per heavy atom. The predicted octanol–water partition coefficient (Wildman–Crippen LogP) is 1.09. The molecule has 1 N–H and O–H groups in total. The monoisotopic (exact) mass is 334 g/mol. The largest absolute Gasteiger partial charge is 0.368 e. The number of H-pyrrole nitrogens is 1. The first-order valence-electron chi connectivity index (χ1n) is 8.70. The average Bonchev–Trinajstić information content (AvgIpc) is 3.26. The van der Waals surface area contributed by atoms with Crippen LogP contribution in [0.15, 0.2) is 6.20 Å². The van der Waals surface area contributed by atoms with Crippen LogP contribution in [-0.4, -0.2) is 64.7 Å². The molecule has 7 nitrogen and oxygen atoms in total. The molecule has 1 aromatic rings. The number of carbonyl (C=O) groups excluding carboxylic acids is 2. The van der Waals surface area contributed by atoms with Crippen LogP contribution in [0.5, 0.6) is 0 Å². The van der Waals surface area contributed by atoms with Gasteiger partial charge in [0.2, 0.25) is 5.91 Å². The minimum absolute atomic E-state index is 0.00393. The number of carbonyl (C=O) groups is 2. The number of aromatic nitrogens is 2. The molecule has 1 atom stereocenters. The van der Waals surface area contributed by atoms with Gasteiger partial charge in [-0.2, -0.15) is 5.10 Å². The van der Waals surface area contributed by atoms with E-state index in [1.54, 1.807) is 11.1 Å². The van der Waals surface area contributed by atoms with Crippen molar-refractivity contribution in [3.05, 3.63) is 17.5 Å². The van der Waals surface area contributed by atoms with Gasteiger partial charge >= 0.3 is 0 Å². The van der Waals surface area contributed by atoms with E-state index in [0.717, 1.165) is 36.9 Å². The number of aromatic amines is 1. The molecule has 0 saturated carbocycles. The summed E-state index contributed by atoms with van der Waals surface area (Å²) in [5, 5.41) is 6.89. The molecule has 2 fully saturated rings. The second kappa shape index (κ2) is 7.34. The summed E-state index contributed by atoms with van der Waals surface area (Å²) in [4.78, 5) is 28.6. The second-order valence-electron chi connectivity index (χ2n) is 6.82. The number of aryl methyl sites for hydroxylation is 1. The Hall–Kier alpha value is -1.89. The number of nitrogens with zero attached hydrogens (tertiary/aromatic N) is 3. The fraction of sp³-hybridized carbons (Fsp3) is 0.706. The van der Waals surface area contributed by atoms with Crippen molar-refractivity contribution in [1.82, 2.24) is 20.0 Å². The van der Waals surface area contributed by atoms with Gasteiger partial charge < -0.3 is 14.5 Å². The lowest BCUT2D eigenvalue weighted by Gasteiger charge is -2.34. The number of amides is 2. The Balaban J connectivity index is 1.49. The number of piperidine rings is 1. The van der Waals surface area contributed by atoms with Crippen molar-refractivity contribution in [2.24, 2.45) is 5.92 Å². The fourth-order valence-corrected chi connectivity index (χ4v) is 3.50. The molecule has 2 saturated heterocycles. The quantitative estimate of drug-likeness (QED) is 0.894. The van der Waals surface area contributed by atoms with Crippen LogP contribution in [0.1, 0.15) is 36.9 Å². The summed E-state index contributed by atoms with van der Waals surface area (Å²) < 4.78 is 5.48. The number of rotatable bonds is 4. The van der Waals surface area contributed by atoms with Crippen molar-refractivity contribution in [3.8, 4) is 0 Å². The summed E-state index contributed by atoms with van der Waals surface area (Å²) in [6, 6.07) is 0. The molecule has 0 radical (unpaired) electrons. The van der Waals surface area contributed by atoms with E-state index >= 15 is 0 Å². The highest BCUT2D eigenvalue weighted by Crippen LogP contribution is 2.23. The van der Waals surface area contributed by atoms with Crippen LogP contribution < -0.4 is 0 Å². The van der Waals surface area contributed by atoms with Crippen molar-refractivity contribution < 1.29 is 14.3 Å². The summed E-state index contributed by atoms with van der Waals surface area (Å²) in [6.07, 6.45) is 4.75. The van der Waals surface area contributed by atoms with Crippen LogP contribution in [0, 0.1) is 12.8 Å². The van der Waals surface area contributed by atoms with Gasteiger partial charge in [-0.1, -0.05) is 0 Å². The van der Waals surface area contributed by atoms with E-state index in [-0.39, 0.29) is 23.8 Å². The molecule has 2 aliphatic heterocycles. The lowest BCUT2D eigenvalue weighted by Crippen LogP contribution is -2.46. The lowest BCUT2D eigenvalue weighted by atomic mass is 9.94. The summed E-state index contributed by atoms with van der Waals surface area (Å²) in [7, 11) is 1.83. The summed E-state index contributed by atoms with van der Waals surface area (Å²) in [5.74, 6) is 0.247. The van der Waals surface area contributed by atoms with E-state index in [9.17, 15) is 9.59 Å². The van der Waals surface area contributed by atoms with E-state index in [1.165, 1.54) is 0 Å². The number of hydrogen-bond donors (Lipinski definition) is 1. The molecule has 2 aliphatic rings. The number of nitrogens with one attached hydrogen (secondary N) is 1. The maximum Gasteiger partial charge on any atom is 0.251 e. The van der Waals surface area contributed by atoms with Crippen LogP contribution in [0.25, 0.3) is 0 Å². The van der Waals surface area contributed by atoms with Crippen LogP contribution in [0.4, 0.5) is 0 Å². The maximum absolute atomic E-state index is 12.6. The van der Waals surface area contributed by atoms with Gasteiger partial charge in [-0.15, -0.1) is 0 Å². The third kappa shape index (κ3) is 3.61. The SMILES string of the molecule is Cc1[nH]ncc1CN(C)C(=O)C1CCN(C(=O)C2CCCO2)CC1. The van der Waals surface area contributed by atoms with Crippen LogP contribution in [-0.2, 0) is 20.9 Å². The lowest BCUT2D eigenvalue weighted by molar-refractivity contribution is -0.145. The normalized spacial score (nSPS) is 21.9. The van der Waals surface area contributed by atoms with Crippen LogP contribution >= 0.6 is 0 Å². The van der Waals surface area contributed by atoms with Crippen LogP contribution in [0.2, 0.25) is 0 Å². The highest BCUT2D eigenvalue weighted by Gasteiger charge is 2.33. The van der Waals surface area contributed by atoms with Crippen molar-refractivity contribution in [2.75, 3.05) is 26.7 Å². The molecule has 7 heteroatoms. The Bertz CT molecular complexity index is 586. The molecular weight excluding hydrogens is 308 g/mol. The molecule has 132 valence electrons.